The van der Waals surface area contributed by atoms with Gasteiger partial charge in [-0.15, -0.1) is 0 Å². The Hall–Kier alpha value is -2.27. The molecule has 110 valence electrons. The number of anilines is 1. The van der Waals surface area contributed by atoms with Crippen LogP contribution in [0.5, 0.6) is 5.75 Å². The largest absolute Gasteiger partial charge is 0.482 e. The third-order valence-electron chi connectivity index (χ3n) is 2.61. The molecule has 0 unspecified atom stereocenters. The van der Waals surface area contributed by atoms with E-state index in [0.29, 0.717) is 22.0 Å². The van der Waals surface area contributed by atoms with Gasteiger partial charge >= 0.3 is 5.97 Å². The van der Waals surface area contributed by atoms with Gasteiger partial charge in [0.15, 0.2) is 6.61 Å². The first-order valence-electron chi connectivity index (χ1n) is 6.12. The second kappa shape index (κ2) is 6.95. The topological polar surface area (TPSA) is 61.5 Å². The molecular formula is C15H13ClFNO3. The van der Waals surface area contributed by atoms with Crippen LogP contribution in [0.3, 0.4) is 0 Å². The van der Waals surface area contributed by atoms with Crippen molar-refractivity contribution in [2.45, 2.75) is 6.61 Å². The molecule has 0 aliphatic rings. The van der Waals surface area contributed by atoms with Gasteiger partial charge in [-0.05, 0) is 30.3 Å². The maximum Gasteiger partial charge on any atom is 0.344 e. The van der Waals surface area contributed by atoms with Crippen molar-refractivity contribution in [2.24, 2.45) is 0 Å². The number of benzene rings is 2. The summed E-state index contributed by atoms with van der Waals surface area (Å²) in [5, 5.41) is 0.334. The van der Waals surface area contributed by atoms with E-state index >= 15 is 0 Å². The van der Waals surface area contributed by atoms with Gasteiger partial charge < -0.3 is 15.2 Å². The van der Waals surface area contributed by atoms with E-state index in [1.54, 1.807) is 24.3 Å². The molecule has 0 saturated heterocycles. The summed E-state index contributed by atoms with van der Waals surface area (Å²) in [6.45, 7) is -0.383. The van der Waals surface area contributed by atoms with Crippen LogP contribution in [0.4, 0.5) is 10.1 Å². The predicted octanol–water partition coefficient (Wildman–Crippen LogP) is 3.18. The highest BCUT2D eigenvalue weighted by Crippen LogP contribution is 2.18. The minimum absolute atomic E-state index is 0.115. The Balaban J connectivity index is 1.83. The number of rotatable bonds is 5. The molecule has 2 rings (SSSR count). The van der Waals surface area contributed by atoms with Gasteiger partial charge in [0.05, 0.1) is 0 Å². The molecule has 0 aliphatic heterocycles. The SMILES string of the molecule is Nc1cccc(OCC(=O)OCc2cc(F)ccc2Cl)c1. The molecule has 2 N–H and O–H groups in total. The lowest BCUT2D eigenvalue weighted by Crippen LogP contribution is -2.15. The molecule has 0 fully saturated rings. The Kier molecular flexibility index (Phi) is 5.00. The number of carbonyl (C=O) groups excluding carboxylic acids is 1. The molecule has 0 atom stereocenters. The fourth-order valence-electron chi connectivity index (χ4n) is 1.60. The summed E-state index contributed by atoms with van der Waals surface area (Å²) in [6.07, 6.45) is 0. The molecule has 0 amide bonds. The molecule has 2 aromatic rings. The molecule has 6 heteroatoms. The summed E-state index contributed by atoms with van der Waals surface area (Å²) in [4.78, 5) is 11.6. The number of nitrogen functional groups attached to an aromatic ring is 1. The molecule has 0 bridgehead atoms. The number of carbonyl (C=O) groups is 1. The molecule has 0 aromatic heterocycles. The minimum atomic E-state index is -0.585. The predicted molar refractivity (Wildman–Crippen MR) is 77.6 cm³/mol. The number of esters is 1. The molecule has 0 spiro atoms. The van der Waals surface area contributed by atoms with Crippen molar-refractivity contribution in [3.05, 3.63) is 58.9 Å². The first-order valence-corrected chi connectivity index (χ1v) is 6.50. The summed E-state index contributed by atoms with van der Waals surface area (Å²) in [5.74, 6) is -0.560. The van der Waals surface area contributed by atoms with Gasteiger partial charge in [-0.3, -0.25) is 0 Å². The molecule has 0 aliphatic carbocycles. The zero-order valence-electron chi connectivity index (χ0n) is 11.0. The highest BCUT2D eigenvalue weighted by molar-refractivity contribution is 6.31. The molecule has 2 aromatic carbocycles. The first kappa shape index (κ1) is 15.1. The Labute approximate surface area is 126 Å². The smallest absolute Gasteiger partial charge is 0.344 e. The van der Waals surface area contributed by atoms with Crippen molar-refractivity contribution < 1.29 is 18.7 Å². The number of hydrogen-bond donors (Lipinski definition) is 1. The van der Waals surface area contributed by atoms with Crippen LogP contribution in [0, 0.1) is 5.82 Å². The van der Waals surface area contributed by atoms with Crippen LogP contribution in [0.25, 0.3) is 0 Å². The molecular weight excluding hydrogens is 297 g/mol. The monoisotopic (exact) mass is 309 g/mol. The Morgan fingerprint density at radius 3 is 2.81 bits per heavy atom. The summed E-state index contributed by atoms with van der Waals surface area (Å²) in [5.41, 5.74) is 6.52. The maximum absolute atomic E-state index is 13.0. The molecule has 0 heterocycles. The Bertz CT molecular complexity index is 649. The van der Waals surface area contributed by atoms with Gasteiger partial charge in [0, 0.05) is 22.3 Å². The third-order valence-corrected chi connectivity index (χ3v) is 2.98. The molecule has 21 heavy (non-hydrogen) atoms. The van der Waals surface area contributed by atoms with Crippen LogP contribution in [-0.2, 0) is 16.1 Å². The molecule has 4 nitrogen and oxygen atoms in total. The van der Waals surface area contributed by atoms with Crippen LogP contribution in [0.2, 0.25) is 5.02 Å². The summed E-state index contributed by atoms with van der Waals surface area (Å²) in [7, 11) is 0. The van der Waals surface area contributed by atoms with Crippen LogP contribution < -0.4 is 10.5 Å². The van der Waals surface area contributed by atoms with Gasteiger partial charge in [-0.1, -0.05) is 17.7 Å². The quantitative estimate of drug-likeness (QED) is 0.680. The second-order valence-electron chi connectivity index (χ2n) is 4.26. The normalized spacial score (nSPS) is 10.2. The third kappa shape index (κ3) is 4.65. The van der Waals surface area contributed by atoms with E-state index in [0.717, 1.165) is 0 Å². The van der Waals surface area contributed by atoms with E-state index in [1.165, 1.54) is 18.2 Å². The summed E-state index contributed by atoms with van der Waals surface area (Å²) in [6, 6.07) is 10.5. The van der Waals surface area contributed by atoms with E-state index in [4.69, 9.17) is 26.8 Å². The van der Waals surface area contributed by atoms with Crippen molar-refractivity contribution in [1.29, 1.82) is 0 Å². The summed E-state index contributed by atoms with van der Waals surface area (Å²) < 4.78 is 23.2. The average Bonchev–Trinajstić information content (AvgIpc) is 2.46. The van der Waals surface area contributed by atoms with Crippen molar-refractivity contribution in [1.82, 2.24) is 0 Å². The van der Waals surface area contributed by atoms with E-state index < -0.39 is 11.8 Å². The minimum Gasteiger partial charge on any atom is -0.482 e. The van der Waals surface area contributed by atoms with Crippen LogP contribution >= 0.6 is 11.6 Å². The molecule has 0 saturated carbocycles. The Morgan fingerprint density at radius 2 is 2.05 bits per heavy atom. The number of hydrogen-bond acceptors (Lipinski definition) is 4. The highest BCUT2D eigenvalue weighted by Gasteiger charge is 2.08. The van der Waals surface area contributed by atoms with Gasteiger partial charge in [-0.2, -0.15) is 0 Å². The van der Waals surface area contributed by atoms with E-state index in [1.807, 2.05) is 0 Å². The van der Waals surface area contributed by atoms with Crippen molar-refractivity contribution >= 4 is 23.3 Å². The second-order valence-corrected chi connectivity index (χ2v) is 4.66. The number of halogens is 2. The standard InChI is InChI=1S/C15H13ClFNO3/c16-14-5-4-11(17)6-10(14)8-21-15(19)9-20-13-3-1-2-12(18)7-13/h1-7H,8-9,18H2. The zero-order valence-corrected chi connectivity index (χ0v) is 11.8. The van der Waals surface area contributed by atoms with Crippen molar-refractivity contribution in [3.8, 4) is 5.75 Å². The summed E-state index contributed by atoms with van der Waals surface area (Å²) >= 11 is 5.87. The highest BCUT2D eigenvalue weighted by atomic mass is 35.5. The van der Waals surface area contributed by atoms with Crippen LogP contribution in [-0.4, -0.2) is 12.6 Å². The van der Waals surface area contributed by atoms with Crippen LogP contribution in [0.1, 0.15) is 5.56 Å². The van der Waals surface area contributed by atoms with Gasteiger partial charge in [-0.25, -0.2) is 9.18 Å². The first-order chi connectivity index (χ1) is 10.0. The lowest BCUT2D eigenvalue weighted by Gasteiger charge is -2.08. The molecule has 0 radical (unpaired) electrons. The van der Waals surface area contributed by atoms with E-state index in [-0.39, 0.29) is 13.2 Å². The number of nitrogens with two attached hydrogens (primary N) is 1. The van der Waals surface area contributed by atoms with E-state index in [2.05, 4.69) is 0 Å². The van der Waals surface area contributed by atoms with Gasteiger partial charge in [0.2, 0.25) is 0 Å². The maximum atomic E-state index is 13.0. The van der Waals surface area contributed by atoms with Crippen LogP contribution in [0.15, 0.2) is 42.5 Å². The van der Waals surface area contributed by atoms with Gasteiger partial charge in [0.1, 0.15) is 18.2 Å². The fourth-order valence-corrected chi connectivity index (χ4v) is 1.77. The van der Waals surface area contributed by atoms with Crippen molar-refractivity contribution in [2.75, 3.05) is 12.3 Å². The lowest BCUT2D eigenvalue weighted by molar-refractivity contribution is -0.147. The Morgan fingerprint density at radius 1 is 1.24 bits per heavy atom. The van der Waals surface area contributed by atoms with Gasteiger partial charge in [0.25, 0.3) is 0 Å². The average molecular weight is 310 g/mol. The zero-order chi connectivity index (χ0) is 15.2. The fraction of sp³-hybridized carbons (Fsp3) is 0.133. The van der Waals surface area contributed by atoms with E-state index in [9.17, 15) is 9.18 Å². The number of ether oxygens (including phenoxy) is 2. The van der Waals surface area contributed by atoms with Crippen molar-refractivity contribution in [3.63, 3.8) is 0 Å². The lowest BCUT2D eigenvalue weighted by atomic mass is 10.2.